The second-order valence-electron chi connectivity index (χ2n) is 2.78. The van der Waals surface area contributed by atoms with E-state index in [0.29, 0.717) is 5.95 Å². The van der Waals surface area contributed by atoms with Crippen LogP contribution in [0.2, 0.25) is 5.15 Å². The molecule has 15 heavy (non-hydrogen) atoms. The molecule has 0 saturated carbocycles. The lowest BCUT2D eigenvalue weighted by molar-refractivity contribution is -0.385. The molecule has 0 aliphatic rings. The highest BCUT2D eigenvalue weighted by molar-refractivity contribution is 6.31. The fraction of sp³-hybridized carbons (Fsp3) is 0.500. The van der Waals surface area contributed by atoms with Crippen LogP contribution in [0, 0.1) is 10.1 Å². The quantitative estimate of drug-likeness (QED) is 0.449. The van der Waals surface area contributed by atoms with Gasteiger partial charge in [-0.2, -0.15) is 4.98 Å². The molecule has 0 saturated heterocycles. The summed E-state index contributed by atoms with van der Waals surface area (Å²) in [5, 5.41) is 10.3. The molecule has 0 aliphatic carbocycles. The number of aromatic nitrogens is 2. The van der Waals surface area contributed by atoms with Crippen molar-refractivity contribution in [3.05, 3.63) is 21.5 Å². The third kappa shape index (κ3) is 2.53. The molecule has 1 rings (SSSR count). The molecule has 1 heterocycles. The molecule has 1 aromatic heterocycles. The Morgan fingerprint density at radius 2 is 2.13 bits per heavy atom. The number of hydrogen-bond acceptors (Lipinski definition) is 5. The van der Waals surface area contributed by atoms with E-state index in [1.54, 1.807) is 0 Å². The Labute approximate surface area is 92.0 Å². The minimum Gasteiger partial charge on any atom is -0.341 e. The lowest BCUT2D eigenvalue weighted by Crippen LogP contribution is -2.24. The number of rotatable bonds is 4. The molecule has 0 atom stereocenters. The summed E-state index contributed by atoms with van der Waals surface area (Å²) in [4.78, 5) is 19.5. The zero-order chi connectivity index (χ0) is 11.4. The Morgan fingerprint density at radius 3 is 2.53 bits per heavy atom. The first-order valence-electron chi connectivity index (χ1n) is 4.52. The van der Waals surface area contributed by atoms with E-state index in [0.717, 1.165) is 19.3 Å². The molecule has 0 N–H and O–H groups in total. The maximum atomic E-state index is 10.5. The summed E-state index contributed by atoms with van der Waals surface area (Å²) in [5.41, 5.74) is -0.271. The molecule has 0 aliphatic heterocycles. The normalized spacial score (nSPS) is 10.1. The molecule has 0 radical (unpaired) electrons. The summed E-state index contributed by atoms with van der Waals surface area (Å²) >= 11 is 5.66. The number of nitrogens with zero attached hydrogens (tertiary/aromatic N) is 4. The van der Waals surface area contributed by atoms with Gasteiger partial charge >= 0.3 is 5.69 Å². The summed E-state index contributed by atoms with van der Waals surface area (Å²) in [6.07, 6.45) is 1.13. The van der Waals surface area contributed by atoms with Crippen LogP contribution < -0.4 is 4.90 Å². The van der Waals surface area contributed by atoms with Gasteiger partial charge < -0.3 is 4.90 Å². The van der Waals surface area contributed by atoms with Gasteiger partial charge in [-0.05, 0) is 13.8 Å². The van der Waals surface area contributed by atoms with Crippen LogP contribution in [0.5, 0.6) is 0 Å². The Balaban J connectivity index is 3.05. The summed E-state index contributed by atoms with van der Waals surface area (Å²) in [6.45, 7) is 5.35. The van der Waals surface area contributed by atoms with Crippen molar-refractivity contribution in [2.45, 2.75) is 13.8 Å². The third-order valence-corrected chi connectivity index (χ3v) is 2.23. The van der Waals surface area contributed by atoms with E-state index in [4.69, 9.17) is 11.6 Å². The van der Waals surface area contributed by atoms with Crippen LogP contribution in [-0.4, -0.2) is 28.0 Å². The van der Waals surface area contributed by atoms with Gasteiger partial charge in [0, 0.05) is 13.1 Å². The fourth-order valence-electron chi connectivity index (χ4n) is 1.13. The number of anilines is 1. The summed E-state index contributed by atoms with van der Waals surface area (Å²) in [7, 11) is 0. The van der Waals surface area contributed by atoms with Crippen molar-refractivity contribution in [3.8, 4) is 0 Å². The Bertz CT molecular complexity index is 368. The molecule has 7 heteroatoms. The topological polar surface area (TPSA) is 72.2 Å². The van der Waals surface area contributed by atoms with Crippen LogP contribution in [0.1, 0.15) is 13.8 Å². The van der Waals surface area contributed by atoms with Gasteiger partial charge in [0.2, 0.25) is 11.1 Å². The van der Waals surface area contributed by atoms with Crippen molar-refractivity contribution in [2.75, 3.05) is 18.0 Å². The second-order valence-corrected chi connectivity index (χ2v) is 3.13. The highest BCUT2D eigenvalue weighted by Gasteiger charge is 2.16. The van der Waals surface area contributed by atoms with Crippen molar-refractivity contribution < 1.29 is 4.92 Å². The van der Waals surface area contributed by atoms with Crippen molar-refractivity contribution in [3.63, 3.8) is 0 Å². The smallest absolute Gasteiger partial charge is 0.324 e. The minimum absolute atomic E-state index is 0.128. The van der Waals surface area contributed by atoms with Crippen molar-refractivity contribution in [1.82, 2.24) is 9.97 Å². The van der Waals surface area contributed by atoms with E-state index < -0.39 is 4.92 Å². The van der Waals surface area contributed by atoms with Crippen molar-refractivity contribution >= 4 is 23.2 Å². The predicted molar refractivity (Wildman–Crippen MR) is 57.3 cm³/mol. The van der Waals surface area contributed by atoms with Crippen LogP contribution in [0.4, 0.5) is 11.6 Å². The average Bonchev–Trinajstić information content (AvgIpc) is 2.19. The van der Waals surface area contributed by atoms with Gasteiger partial charge in [0.25, 0.3) is 0 Å². The second kappa shape index (κ2) is 4.88. The van der Waals surface area contributed by atoms with Gasteiger partial charge in [0.1, 0.15) is 6.20 Å². The first-order valence-corrected chi connectivity index (χ1v) is 4.89. The van der Waals surface area contributed by atoms with Gasteiger partial charge in [0.05, 0.1) is 4.92 Å². The summed E-state index contributed by atoms with van der Waals surface area (Å²) in [5.74, 6) is 0.413. The monoisotopic (exact) mass is 230 g/mol. The lowest BCUT2D eigenvalue weighted by Gasteiger charge is -2.17. The van der Waals surface area contributed by atoms with Crippen LogP contribution in [-0.2, 0) is 0 Å². The molecular formula is C8H11ClN4O2. The maximum absolute atomic E-state index is 10.5. The fourth-order valence-corrected chi connectivity index (χ4v) is 1.32. The van der Waals surface area contributed by atoms with E-state index in [9.17, 15) is 10.1 Å². The van der Waals surface area contributed by atoms with Gasteiger partial charge in [-0.25, -0.2) is 4.98 Å². The van der Waals surface area contributed by atoms with Gasteiger partial charge in [0.15, 0.2) is 0 Å². The SMILES string of the molecule is CCN(CC)c1ncc([N+](=O)[O-])c(Cl)n1. The molecule has 0 amide bonds. The molecule has 0 fully saturated rings. The first kappa shape index (κ1) is 11.6. The van der Waals surface area contributed by atoms with Crippen LogP contribution in [0.25, 0.3) is 0 Å². The standard InChI is InChI=1S/C8H11ClN4O2/c1-3-12(4-2)8-10-5-6(13(14)15)7(9)11-8/h5H,3-4H2,1-2H3. The zero-order valence-electron chi connectivity index (χ0n) is 8.47. The molecule has 82 valence electrons. The Kier molecular flexibility index (Phi) is 3.79. The highest BCUT2D eigenvalue weighted by atomic mass is 35.5. The molecule has 0 bridgehead atoms. The molecule has 6 nitrogen and oxygen atoms in total. The maximum Gasteiger partial charge on any atom is 0.324 e. The van der Waals surface area contributed by atoms with E-state index in [1.165, 1.54) is 0 Å². The largest absolute Gasteiger partial charge is 0.341 e. The predicted octanol–water partition coefficient (Wildman–Crippen LogP) is 1.88. The molecule has 1 aromatic rings. The lowest BCUT2D eigenvalue weighted by atomic mass is 10.5. The minimum atomic E-state index is -0.603. The average molecular weight is 231 g/mol. The van der Waals surface area contributed by atoms with Gasteiger partial charge in [-0.15, -0.1) is 0 Å². The van der Waals surface area contributed by atoms with Crippen molar-refractivity contribution in [1.29, 1.82) is 0 Å². The molecule has 0 spiro atoms. The van der Waals surface area contributed by atoms with Crippen LogP contribution in [0.15, 0.2) is 6.20 Å². The zero-order valence-corrected chi connectivity index (χ0v) is 9.23. The summed E-state index contributed by atoms with van der Waals surface area (Å²) < 4.78 is 0. The van der Waals surface area contributed by atoms with Crippen molar-refractivity contribution in [2.24, 2.45) is 0 Å². The molecule has 0 unspecified atom stereocenters. The van der Waals surface area contributed by atoms with E-state index in [1.807, 2.05) is 18.7 Å². The van der Waals surface area contributed by atoms with E-state index in [2.05, 4.69) is 9.97 Å². The highest BCUT2D eigenvalue weighted by Crippen LogP contribution is 2.22. The van der Waals surface area contributed by atoms with E-state index >= 15 is 0 Å². The number of nitro groups is 1. The van der Waals surface area contributed by atoms with Crippen LogP contribution in [0.3, 0.4) is 0 Å². The van der Waals surface area contributed by atoms with Gasteiger partial charge in [-0.1, -0.05) is 11.6 Å². The number of halogens is 1. The summed E-state index contributed by atoms with van der Waals surface area (Å²) in [6, 6.07) is 0. The van der Waals surface area contributed by atoms with Gasteiger partial charge in [-0.3, -0.25) is 10.1 Å². The van der Waals surface area contributed by atoms with Crippen LogP contribution >= 0.6 is 11.6 Å². The Hall–Kier alpha value is -1.43. The Morgan fingerprint density at radius 1 is 1.53 bits per heavy atom. The first-order chi connectivity index (χ1) is 7.10. The third-order valence-electron chi connectivity index (χ3n) is 1.95. The molecular weight excluding hydrogens is 220 g/mol. The van der Waals surface area contributed by atoms with E-state index in [-0.39, 0.29) is 10.8 Å². The number of hydrogen-bond donors (Lipinski definition) is 0. The molecule has 0 aromatic carbocycles.